The number of fused-ring (bicyclic) bond motifs is 3. The van der Waals surface area contributed by atoms with Gasteiger partial charge in [0.15, 0.2) is 5.78 Å². The van der Waals surface area contributed by atoms with Crippen LogP contribution in [0.1, 0.15) is 66.4 Å². The molecule has 0 bridgehead atoms. The summed E-state index contributed by atoms with van der Waals surface area (Å²) >= 11 is 0. The molecule has 0 aliphatic heterocycles. The predicted molar refractivity (Wildman–Crippen MR) is 95.5 cm³/mol. The van der Waals surface area contributed by atoms with Gasteiger partial charge in [-0.25, -0.2) is 0 Å². The summed E-state index contributed by atoms with van der Waals surface area (Å²) in [5.74, 6) is 1.36. The second-order valence-electron chi connectivity index (χ2n) is 7.45. The highest BCUT2D eigenvalue weighted by molar-refractivity contribution is 5.99. The average molecular weight is 320 g/mol. The van der Waals surface area contributed by atoms with Crippen LogP contribution >= 0.6 is 0 Å². The molecule has 1 N–H and O–H groups in total. The van der Waals surface area contributed by atoms with Crippen LogP contribution < -0.4 is 0 Å². The van der Waals surface area contributed by atoms with Crippen molar-refractivity contribution >= 4 is 5.78 Å². The van der Waals surface area contributed by atoms with Crippen LogP contribution in [0.25, 0.3) is 0 Å². The van der Waals surface area contributed by atoms with Crippen LogP contribution in [0.2, 0.25) is 0 Å². The molecule has 2 heteroatoms. The van der Waals surface area contributed by atoms with Gasteiger partial charge in [-0.15, -0.1) is 0 Å². The molecular formula is C22H24O2. The summed E-state index contributed by atoms with van der Waals surface area (Å²) in [5, 5.41) is 9.80. The Morgan fingerprint density at radius 3 is 2.71 bits per heavy atom. The second-order valence-corrected chi connectivity index (χ2v) is 7.45. The molecule has 4 rings (SSSR count). The molecule has 2 unspecified atom stereocenters. The van der Waals surface area contributed by atoms with Crippen LogP contribution in [-0.2, 0) is 5.41 Å². The van der Waals surface area contributed by atoms with E-state index in [9.17, 15) is 9.90 Å². The summed E-state index contributed by atoms with van der Waals surface area (Å²) in [4.78, 5) is 12.7. The van der Waals surface area contributed by atoms with Crippen molar-refractivity contribution in [2.75, 3.05) is 0 Å². The van der Waals surface area contributed by atoms with E-state index in [0.717, 1.165) is 24.8 Å². The Morgan fingerprint density at radius 2 is 1.96 bits per heavy atom. The molecule has 0 saturated heterocycles. The first-order valence-electron chi connectivity index (χ1n) is 9.05. The summed E-state index contributed by atoms with van der Waals surface area (Å²) in [6, 6.07) is 16.2. The number of aromatic hydroxyl groups is 1. The lowest BCUT2D eigenvalue weighted by Crippen LogP contribution is -2.44. The van der Waals surface area contributed by atoms with E-state index in [4.69, 9.17) is 0 Å². The van der Waals surface area contributed by atoms with E-state index >= 15 is 0 Å². The van der Waals surface area contributed by atoms with Crippen molar-refractivity contribution in [3.05, 3.63) is 65.2 Å². The van der Waals surface area contributed by atoms with E-state index in [0.29, 0.717) is 18.3 Å². The third-order valence-corrected chi connectivity index (χ3v) is 6.46. The third-order valence-electron chi connectivity index (χ3n) is 6.46. The van der Waals surface area contributed by atoms with E-state index < -0.39 is 0 Å². The van der Waals surface area contributed by atoms with Crippen LogP contribution in [0.5, 0.6) is 5.75 Å². The maximum absolute atomic E-state index is 12.7. The first-order valence-corrected chi connectivity index (χ1v) is 9.05. The summed E-state index contributed by atoms with van der Waals surface area (Å²) in [5.41, 5.74) is 3.44. The van der Waals surface area contributed by atoms with Crippen LogP contribution in [0.15, 0.2) is 48.5 Å². The highest BCUT2D eigenvalue weighted by Crippen LogP contribution is 2.55. The van der Waals surface area contributed by atoms with Gasteiger partial charge in [-0.1, -0.05) is 43.3 Å². The van der Waals surface area contributed by atoms with Gasteiger partial charge >= 0.3 is 0 Å². The lowest BCUT2D eigenvalue weighted by molar-refractivity contribution is 0.0809. The van der Waals surface area contributed by atoms with Gasteiger partial charge in [-0.2, -0.15) is 0 Å². The van der Waals surface area contributed by atoms with Crippen LogP contribution in [0, 0.1) is 5.92 Å². The zero-order valence-corrected chi connectivity index (χ0v) is 14.2. The van der Waals surface area contributed by atoms with Gasteiger partial charge in [0.1, 0.15) is 5.75 Å². The molecule has 24 heavy (non-hydrogen) atoms. The quantitative estimate of drug-likeness (QED) is 0.824. The van der Waals surface area contributed by atoms with E-state index in [1.165, 1.54) is 17.5 Å². The molecule has 0 heterocycles. The van der Waals surface area contributed by atoms with Crippen molar-refractivity contribution in [3.8, 4) is 5.75 Å². The molecule has 3 atom stereocenters. The fraction of sp³-hybridized carbons (Fsp3) is 0.409. The summed E-state index contributed by atoms with van der Waals surface area (Å²) in [6.07, 6.45) is 5.06. The van der Waals surface area contributed by atoms with Crippen molar-refractivity contribution < 1.29 is 9.90 Å². The minimum absolute atomic E-state index is 0.0994. The lowest BCUT2D eigenvalue weighted by atomic mass is 9.53. The Hall–Kier alpha value is -2.09. The fourth-order valence-corrected chi connectivity index (χ4v) is 5.17. The Morgan fingerprint density at radius 1 is 1.17 bits per heavy atom. The van der Waals surface area contributed by atoms with Gasteiger partial charge in [0.25, 0.3) is 0 Å². The molecule has 124 valence electrons. The van der Waals surface area contributed by atoms with Gasteiger partial charge in [0.05, 0.1) is 0 Å². The summed E-state index contributed by atoms with van der Waals surface area (Å²) in [7, 11) is 0. The number of hydrogen-bond donors (Lipinski definition) is 1. The molecule has 0 amide bonds. The topological polar surface area (TPSA) is 37.3 Å². The third kappa shape index (κ3) is 2.28. The normalized spacial score (nSPS) is 29.0. The van der Waals surface area contributed by atoms with Crippen molar-refractivity contribution in [3.63, 3.8) is 0 Å². The lowest BCUT2D eigenvalue weighted by Gasteiger charge is -2.50. The summed E-state index contributed by atoms with van der Waals surface area (Å²) < 4.78 is 0. The van der Waals surface area contributed by atoms with Gasteiger partial charge in [-0.05, 0) is 66.2 Å². The molecule has 1 saturated carbocycles. The SMILES string of the molecule is CCC12CC[C@H](c3ccccc3)CC1CC(=O)c1cc(O)ccc12. The molecule has 2 aromatic rings. The monoisotopic (exact) mass is 320 g/mol. The van der Waals surface area contributed by atoms with Crippen molar-refractivity contribution in [1.29, 1.82) is 0 Å². The maximum Gasteiger partial charge on any atom is 0.163 e. The smallest absolute Gasteiger partial charge is 0.163 e. The number of hydrogen-bond acceptors (Lipinski definition) is 2. The Labute approximate surface area is 143 Å². The van der Waals surface area contributed by atoms with Crippen LogP contribution in [0.4, 0.5) is 0 Å². The molecule has 1 fully saturated rings. The number of carbonyl (C=O) groups is 1. The first kappa shape index (κ1) is 15.4. The minimum Gasteiger partial charge on any atom is -0.508 e. The molecule has 0 spiro atoms. The van der Waals surface area contributed by atoms with E-state index in [1.807, 2.05) is 6.07 Å². The zero-order valence-electron chi connectivity index (χ0n) is 14.2. The molecule has 0 radical (unpaired) electrons. The molecule has 2 aromatic carbocycles. The highest BCUT2D eigenvalue weighted by Gasteiger charge is 2.48. The molecule has 2 aliphatic carbocycles. The molecule has 2 aliphatic rings. The van der Waals surface area contributed by atoms with Gasteiger partial charge < -0.3 is 5.11 Å². The fourth-order valence-electron chi connectivity index (χ4n) is 5.17. The molecular weight excluding hydrogens is 296 g/mol. The number of ketones is 1. The van der Waals surface area contributed by atoms with Crippen LogP contribution in [-0.4, -0.2) is 10.9 Å². The molecule has 0 aromatic heterocycles. The van der Waals surface area contributed by atoms with Crippen molar-refractivity contribution in [2.24, 2.45) is 5.92 Å². The Bertz CT molecular complexity index is 765. The average Bonchev–Trinajstić information content (AvgIpc) is 2.62. The first-order chi connectivity index (χ1) is 11.6. The van der Waals surface area contributed by atoms with Gasteiger partial charge in [0.2, 0.25) is 0 Å². The van der Waals surface area contributed by atoms with Crippen LogP contribution in [0.3, 0.4) is 0 Å². The standard InChI is InChI=1S/C22H24O2/c1-2-22-11-10-16(15-6-4-3-5-7-15)12-17(22)13-21(24)19-14-18(23)8-9-20(19)22/h3-9,14,16-17,23H,2,10-13H2,1H3/t16-,17?,22?/m0/s1. The predicted octanol–water partition coefficient (Wildman–Crippen LogP) is 5.21. The second kappa shape index (κ2) is 5.77. The number of phenolic OH excluding ortho intramolecular Hbond substituents is 1. The molecule has 2 nitrogen and oxygen atoms in total. The van der Waals surface area contributed by atoms with Gasteiger partial charge in [0, 0.05) is 12.0 Å². The van der Waals surface area contributed by atoms with Crippen molar-refractivity contribution in [2.45, 2.75) is 50.4 Å². The Balaban J connectivity index is 1.73. The zero-order chi connectivity index (χ0) is 16.7. The maximum atomic E-state index is 12.7. The van der Waals surface area contributed by atoms with E-state index in [2.05, 4.69) is 37.3 Å². The highest BCUT2D eigenvalue weighted by atomic mass is 16.3. The number of phenols is 1. The van der Waals surface area contributed by atoms with E-state index in [1.54, 1.807) is 12.1 Å². The van der Waals surface area contributed by atoms with Gasteiger partial charge in [-0.3, -0.25) is 4.79 Å². The minimum atomic E-state index is 0.0994. The number of benzene rings is 2. The Kier molecular flexibility index (Phi) is 3.71. The number of rotatable bonds is 2. The van der Waals surface area contributed by atoms with E-state index in [-0.39, 0.29) is 16.9 Å². The summed E-state index contributed by atoms with van der Waals surface area (Å²) in [6.45, 7) is 2.25. The van der Waals surface area contributed by atoms with Crippen molar-refractivity contribution in [1.82, 2.24) is 0 Å². The largest absolute Gasteiger partial charge is 0.508 e. The number of Topliss-reactive ketones (excluding diaryl/α,β-unsaturated/α-hetero) is 1. The number of carbonyl (C=O) groups excluding carboxylic acids is 1.